The summed E-state index contributed by atoms with van der Waals surface area (Å²) in [7, 11) is 1.66. The van der Waals surface area contributed by atoms with Gasteiger partial charge in [0.2, 0.25) is 0 Å². The maximum atomic E-state index is 11.6. The second-order valence-corrected chi connectivity index (χ2v) is 4.73. The van der Waals surface area contributed by atoms with E-state index in [1.165, 1.54) is 0 Å². The van der Waals surface area contributed by atoms with Crippen molar-refractivity contribution in [3.8, 4) is 5.75 Å². The van der Waals surface area contributed by atoms with Gasteiger partial charge in [-0.05, 0) is 43.4 Å². The number of hydrogen-bond donors (Lipinski definition) is 3. The van der Waals surface area contributed by atoms with Gasteiger partial charge in [0.05, 0.1) is 0 Å². The van der Waals surface area contributed by atoms with Crippen molar-refractivity contribution in [1.82, 2.24) is 16.2 Å². The second-order valence-electron chi connectivity index (χ2n) is 3.41. The lowest BCUT2D eigenvalue weighted by molar-refractivity contribution is -0.127. The number of nitrogens with one attached hydrogen (secondary N) is 3. The van der Waals surface area contributed by atoms with E-state index in [9.17, 15) is 4.79 Å². The molecule has 0 fully saturated rings. The average molecular weight is 332 g/mol. The number of thiocarbonyl (C=S) groups is 1. The molecule has 7 heteroatoms. The first-order valence-electron chi connectivity index (χ1n) is 5.22. The van der Waals surface area contributed by atoms with Crippen molar-refractivity contribution >= 4 is 39.2 Å². The molecule has 0 aliphatic carbocycles. The van der Waals surface area contributed by atoms with Crippen LogP contribution in [-0.2, 0) is 4.79 Å². The van der Waals surface area contributed by atoms with E-state index in [0.717, 1.165) is 4.47 Å². The molecule has 1 amide bonds. The molecule has 0 saturated carbocycles. The van der Waals surface area contributed by atoms with Gasteiger partial charge in [-0.15, -0.1) is 0 Å². The van der Waals surface area contributed by atoms with Gasteiger partial charge in [-0.1, -0.05) is 15.9 Å². The Morgan fingerprint density at radius 1 is 1.33 bits per heavy atom. The first kappa shape index (κ1) is 14.7. The van der Waals surface area contributed by atoms with E-state index < -0.39 is 6.10 Å². The zero-order valence-electron chi connectivity index (χ0n) is 9.99. The highest BCUT2D eigenvalue weighted by Gasteiger charge is 2.14. The molecular formula is C11H14BrN3O2S. The van der Waals surface area contributed by atoms with Crippen molar-refractivity contribution in [3.05, 3.63) is 28.7 Å². The van der Waals surface area contributed by atoms with Gasteiger partial charge < -0.3 is 10.1 Å². The van der Waals surface area contributed by atoms with Crippen LogP contribution in [0, 0.1) is 0 Å². The zero-order chi connectivity index (χ0) is 13.5. The number of amides is 1. The highest BCUT2D eigenvalue weighted by Crippen LogP contribution is 2.17. The maximum absolute atomic E-state index is 11.6. The molecule has 1 aromatic rings. The molecule has 0 heterocycles. The fourth-order valence-corrected chi connectivity index (χ4v) is 1.37. The summed E-state index contributed by atoms with van der Waals surface area (Å²) in [6.07, 6.45) is -0.627. The van der Waals surface area contributed by atoms with Crippen LogP contribution in [0.3, 0.4) is 0 Å². The Hall–Kier alpha value is -1.34. The van der Waals surface area contributed by atoms with E-state index in [1.807, 2.05) is 12.1 Å². The number of rotatable bonds is 3. The van der Waals surface area contributed by atoms with Crippen LogP contribution in [0.4, 0.5) is 0 Å². The number of carbonyl (C=O) groups is 1. The summed E-state index contributed by atoms with van der Waals surface area (Å²) in [5.41, 5.74) is 4.98. The molecular weight excluding hydrogens is 318 g/mol. The maximum Gasteiger partial charge on any atom is 0.279 e. The van der Waals surface area contributed by atoms with Crippen molar-refractivity contribution in [3.63, 3.8) is 0 Å². The summed E-state index contributed by atoms with van der Waals surface area (Å²) < 4.78 is 6.41. The van der Waals surface area contributed by atoms with Crippen molar-refractivity contribution in [2.24, 2.45) is 0 Å². The third-order valence-electron chi connectivity index (χ3n) is 2.02. The molecule has 1 rings (SSSR count). The van der Waals surface area contributed by atoms with E-state index in [-0.39, 0.29) is 5.91 Å². The number of carbonyl (C=O) groups excluding carboxylic acids is 1. The molecule has 0 bridgehead atoms. The summed E-state index contributed by atoms with van der Waals surface area (Å²) in [5, 5.41) is 3.01. The zero-order valence-corrected chi connectivity index (χ0v) is 12.4. The van der Waals surface area contributed by atoms with Crippen LogP contribution in [0.2, 0.25) is 0 Å². The lowest BCUT2D eigenvalue weighted by Crippen LogP contribution is -2.49. The molecule has 1 atom stereocenters. The van der Waals surface area contributed by atoms with E-state index in [4.69, 9.17) is 17.0 Å². The molecule has 0 aliphatic rings. The molecule has 1 unspecified atom stereocenters. The summed E-state index contributed by atoms with van der Waals surface area (Å²) in [5.74, 6) is 0.313. The Morgan fingerprint density at radius 3 is 2.50 bits per heavy atom. The van der Waals surface area contributed by atoms with Crippen molar-refractivity contribution in [2.45, 2.75) is 13.0 Å². The molecule has 1 aromatic carbocycles. The summed E-state index contributed by atoms with van der Waals surface area (Å²) in [4.78, 5) is 11.6. The second kappa shape index (κ2) is 7.17. The SMILES string of the molecule is CNC(=S)NNC(=O)C(C)Oc1ccc(Br)cc1. The van der Waals surface area contributed by atoms with Gasteiger partial charge in [0.15, 0.2) is 11.2 Å². The Labute approximate surface area is 119 Å². The number of ether oxygens (including phenoxy) is 1. The van der Waals surface area contributed by atoms with Gasteiger partial charge in [0.25, 0.3) is 5.91 Å². The fourth-order valence-electron chi connectivity index (χ4n) is 1.05. The Bertz CT molecular complexity index is 425. The molecule has 5 nitrogen and oxygen atoms in total. The molecule has 0 aliphatic heterocycles. The Kier molecular flexibility index (Phi) is 5.87. The van der Waals surface area contributed by atoms with Crippen LogP contribution < -0.4 is 20.9 Å². The summed E-state index contributed by atoms with van der Waals surface area (Å²) >= 11 is 8.14. The van der Waals surface area contributed by atoms with Crippen molar-refractivity contribution < 1.29 is 9.53 Å². The predicted octanol–water partition coefficient (Wildman–Crippen LogP) is 1.34. The van der Waals surface area contributed by atoms with Crippen LogP contribution in [0.25, 0.3) is 0 Å². The van der Waals surface area contributed by atoms with Crippen molar-refractivity contribution in [2.75, 3.05) is 7.05 Å². The predicted molar refractivity (Wildman–Crippen MR) is 77.2 cm³/mol. The molecule has 3 N–H and O–H groups in total. The molecule has 98 valence electrons. The summed E-state index contributed by atoms with van der Waals surface area (Å²) in [6.45, 7) is 1.65. The van der Waals surface area contributed by atoms with Crippen LogP contribution in [-0.4, -0.2) is 24.2 Å². The van der Waals surface area contributed by atoms with Crippen molar-refractivity contribution in [1.29, 1.82) is 0 Å². The molecule has 0 aromatic heterocycles. The standard InChI is InChI=1S/C11H14BrN3O2S/c1-7(10(16)14-15-11(18)13-2)17-9-5-3-8(12)4-6-9/h3-7H,1-2H3,(H,14,16)(H2,13,15,18). The molecule has 0 saturated heterocycles. The highest BCUT2D eigenvalue weighted by atomic mass is 79.9. The average Bonchev–Trinajstić information content (AvgIpc) is 2.38. The summed E-state index contributed by atoms with van der Waals surface area (Å²) in [6, 6.07) is 7.24. The largest absolute Gasteiger partial charge is 0.481 e. The van der Waals surface area contributed by atoms with E-state index in [0.29, 0.717) is 10.9 Å². The van der Waals surface area contributed by atoms with Crippen LogP contribution in [0.5, 0.6) is 5.75 Å². The number of benzene rings is 1. The number of hydrogen-bond acceptors (Lipinski definition) is 3. The third-order valence-corrected chi connectivity index (χ3v) is 2.86. The fraction of sp³-hybridized carbons (Fsp3) is 0.273. The third kappa shape index (κ3) is 4.89. The topological polar surface area (TPSA) is 62.4 Å². The number of hydrazine groups is 1. The van der Waals surface area contributed by atoms with Gasteiger partial charge in [0, 0.05) is 11.5 Å². The minimum Gasteiger partial charge on any atom is -0.481 e. The van der Waals surface area contributed by atoms with Gasteiger partial charge in [0.1, 0.15) is 5.75 Å². The van der Waals surface area contributed by atoms with Gasteiger partial charge in [-0.2, -0.15) is 0 Å². The van der Waals surface area contributed by atoms with Crippen LogP contribution >= 0.6 is 28.1 Å². The van der Waals surface area contributed by atoms with E-state index in [1.54, 1.807) is 26.1 Å². The molecule has 0 radical (unpaired) electrons. The van der Waals surface area contributed by atoms with E-state index in [2.05, 4.69) is 32.1 Å². The Balaban J connectivity index is 2.44. The first-order valence-corrected chi connectivity index (χ1v) is 6.43. The monoisotopic (exact) mass is 331 g/mol. The van der Waals surface area contributed by atoms with E-state index >= 15 is 0 Å². The first-order chi connectivity index (χ1) is 8.52. The molecule has 0 spiro atoms. The van der Waals surface area contributed by atoms with Gasteiger partial charge >= 0.3 is 0 Å². The van der Waals surface area contributed by atoms with Crippen LogP contribution in [0.15, 0.2) is 28.7 Å². The smallest absolute Gasteiger partial charge is 0.279 e. The highest BCUT2D eigenvalue weighted by molar-refractivity contribution is 9.10. The lowest BCUT2D eigenvalue weighted by atomic mass is 10.3. The quantitative estimate of drug-likeness (QED) is 0.576. The normalized spacial score (nSPS) is 11.3. The lowest BCUT2D eigenvalue weighted by Gasteiger charge is -2.15. The Morgan fingerprint density at radius 2 is 1.94 bits per heavy atom. The molecule has 18 heavy (non-hydrogen) atoms. The van der Waals surface area contributed by atoms with Crippen LogP contribution in [0.1, 0.15) is 6.92 Å². The minimum absolute atomic E-state index is 0.310. The van der Waals surface area contributed by atoms with Gasteiger partial charge in [-0.25, -0.2) is 0 Å². The van der Waals surface area contributed by atoms with Gasteiger partial charge in [-0.3, -0.25) is 15.6 Å². The number of halogens is 1. The minimum atomic E-state index is -0.627.